The Bertz CT molecular complexity index is 798. The van der Waals surface area contributed by atoms with Crippen LogP contribution in [0.2, 0.25) is 10.0 Å². The van der Waals surface area contributed by atoms with Crippen LogP contribution < -0.4 is 10.5 Å². The van der Waals surface area contributed by atoms with Crippen molar-refractivity contribution in [2.75, 3.05) is 31.1 Å². The third-order valence-corrected chi connectivity index (χ3v) is 5.31. The Labute approximate surface area is 151 Å². The lowest BCUT2D eigenvalue weighted by Gasteiger charge is -2.36. The standard InChI is InChI=1S/C17H20Cl2N4O/c1-12-4-3-5-15(13(12)2)22-8-6-21(7-9-22)11-23-17(24)16(19)14(18)10-20-23/h3-5,10H,6-9,11H2,1-2H3. The van der Waals surface area contributed by atoms with Crippen molar-refractivity contribution in [3.05, 3.63) is 55.9 Å². The molecule has 0 amide bonds. The molecule has 1 aliphatic rings. The summed E-state index contributed by atoms with van der Waals surface area (Å²) >= 11 is 11.7. The van der Waals surface area contributed by atoms with Gasteiger partial charge >= 0.3 is 0 Å². The molecule has 2 aromatic rings. The van der Waals surface area contributed by atoms with Crippen molar-refractivity contribution < 1.29 is 0 Å². The maximum absolute atomic E-state index is 12.1. The largest absolute Gasteiger partial charge is 0.369 e. The molecular formula is C17H20Cl2N4O. The monoisotopic (exact) mass is 366 g/mol. The van der Waals surface area contributed by atoms with Gasteiger partial charge in [-0.3, -0.25) is 9.69 Å². The average Bonchev–Trinajstić information content (AvgIpc) is 2.59. The van der Waals surface area contributed by atoms with Gasteiger partial charge in [-0.1, -0.05) is 35.3 Å². The summed E-state index contributed by atoms with van der Waals surface area (Å²) in [6.45, 7) is 8.29. The van der Waals surface area contributed by atoms with Gasteiger partial charge in [0, 0.05) is 31.9 Å². The van der Waals surface area contributed by atoms with E-state index in [1.807, 2.05) is 0 Å². The minimum absolute atomic E-state index is 0.0284. The zero-order valence-electron chi connectivity index (χ0n) is 13.8. The highest BCUT2D eigenvalue weighted by atomic mass is 35.5. The highest BCUT2D eigenvalue weighted by molar-refractivity contribution is 6.41. The molecule has 1 aromatic heterocycles. The topological polar surface area (TPSA) is 41.4 Å². The molecule has 5 nitrogen and oxygen atoms in total. The van der Waals surface area contributed by atoms with Crippen LogP contribution in [0.5, 0.6) is 0 Å². The summed E-state index contributed by atoms with van der Waals surface area (Å²) in [6, 6.07) is 6.41. The molecular weight excluding hydrogens is 347 g/mol. The van der Waals surface area contributed by atoms with Crippen molar-refractivity contribution in [3.8, 4) is 0 Å². The number of nitrogens with zero attached hydrogens (tertiary/aromatic N) is 4. The van der Waals surface area contributed by atoms with Gasteiger partial charge in [-0.25, -0.2) is 4.68 Å². The fraction of sp³-hybridized carbons (Fsp3) is 0.412. The van der Waals surface area contributed by atoms with Crippen molar-refractivity contribution in [2.45, 2.75) is 20.5 Å². The van der Waals surface area contributed by atoms with E-state index in [1.54, 1.807) is 0 Å². The van der Waals surface area contributed by atoms with Crippen LogP contribution in [-0.4, -0.2) is 40.9 Å². The summed E-state index contributed by atoms with van der Waals surface area (Å²) in [7, 11) is 0. The van der Waals surface area contributed by atoms with Gasteiger partial charge in [0.25, 0.3) is 5.56 Å². The Morgan fingerprint density at radius 1 is 1.12 bits per heavy atom. The van der Waals surface area contributed by atoms with Gasteiger partial charge < -0.3 is 4.90 Å². The van der Waals surface area contributed by atoms with Crippen molar-refractivity contribution in [3.63, 3.8) is 0 Å². The molecule has 128 valence electrons. The molecule has 0 atom stereocenters. The average molecular weight is 367 g/mol. The van der Waals surface area contributed by atoms with E-state index in [-0.39, 0.29) is 15.6 Å². The number of halogens is 2. The number of aromatic nitrogens is 2. The van der Waals surface area contributed by atoms with Crippen LogP contribution in [0.25, 0.3) is 0 Å². The fourth-order valence-corrected chi connectivity index (χ4v) is 3.21. The van der Waals surface area contributed by atoms with Gasteiger partial charge in [0.1, 0.15) is 5.02 Å². The van der Waals surface area contributed by atoms with E-state index in [0.29, 0.717) is 6.67 Å². The molecule has 0 radical (unpaired) electrons. The van der Waals surface area contributed by atoms with Crippen LogP contribution in [0.1, 0.15) is 11.1 Å². The number of hydrogen-bond donors (Lipinski definition) is 0. The zero-order valence-corrected chi connectivity index (χ0v) is 15.3. The highest BCUT2D eigenvalue weighted by Crippen LogP contribution is 2.24. The first-order valence-electron chi connectivity index (χ1n) is 7.92. The summed E-state index contributed by atoms with van der Waals surface area (Å²) in [6.07, 6.45) is 1.41. The lowest BCUT2D eigenvalue weighted by atomic mass is 10.1. The van der Waals surface area contributed by atoms with Crippen LogP contribution in [0.4, 0.5) is 5.69 Å². The first-order valence-corrected chi connectivity index (χ1v) is 8.67. The predicted molar refractivity (Wildman–Crippen MR) is 98.2 cm³/mol. The van der Waals surface area contributed by atoms with E-state index in [4.69, 9.17) is 23.2 Å². The summed E-state index contributed by atoms with van der Waals surface area (Å²) in [4.78, 5) is 16.7. The molecule has 24 heavy (non-hydrogen) atoms. The molecule has 0 aliphatic carbocycles. The van der Waals surface area contributed by atoms with Gasteiger partial charge in [-0.2, -0.15) is 5.10 Å². The lowest BCUT2D eigenvalue weighted by Crippen LogP contribution is -2.48. The molecule has 0 unspecified atom stereocenters. The molecule has 0 saturated carbocycles. The van der Waals surface area contributed by atoms with Crippen LogP contribution in [0, 0.1) is 13.8 Å². The number of piperazine rings is 1. The van der Waals surface area contributed by atoms with E-state index >= 15 is 0 Å². The molecule has 0 N–H and O–H groups in total. The molecule has 1 fully saturated rings. The number of aryl methyl sites for hydroxylation is 1. The van der Waals surface area contributed by atoms with Gasteiger partial charge in [0.05, 0.1) is 17.9 Å². The second-order valence-electron chi connectivity index (χ2n) is 6.08. The van der Waals surface area contributed by atoms with Crippen molar-refractivity contribution >= 4 is 28.9 Å². The SMILES string of the molecule is Cc1cccc(N2CCN(Cn3ncc(Cl)c(Cl)c3=O)CC2)c1C. The molecule has 7 heteroatoms. The Balaban J connectivity index is 1.67. The summed E-state index contributed by atoms with van der Waals surface area (Å²) in [5.74, 6) is 0. The minimum atomic E-state index is -0.346. The maximum atomic E-state index is 12.1. The fourth-order valence-electron chi connectivity index (χ4n) is 2.94. The third kappa shape index (κ3) is 3.43. The quantitative estimate of drug-likeness (QED) is 0.837. The van der Waals surface area contributed by atoms with Crippen molar-refractivity contribution in [2.24, 2.45) is 0 Å². The molecule has 0 spiro atoms. The van der Waals surface area contributed by atoms with E-state index in [2.05, 4.69) is 46.9 Å². The Morgan fingerprint density at radius 2 is 1.83 bits per heavy atom. The normalized spacial score (nSPS) is 15.8. The Kier molecular flexibility index (Phi) is 5.13. The summed E-state index contributed by atoms with van der Waals surface area (Å²) in [5, 5.41) is 4.29. The number of hydrogen-bond acceptors (Lipinski definition) is 4. The van der Waals surface area contributed by atoms with Gasteiger partial charge in [0.2, 0.25) is 0 Å². The van der Waals surface area contributed by atoms with E-state index in [1.165, 1.54) is 27.7 Å². The van der Waals surface area contributed by atoms with Crippen LogP contribution in [0.3, 0.4) is 0 Å². The van der Waals surface area contributed by atoms with Gasteiger partial charge in [0.15, 0.2) is 0 Å². The van der Waals surface area contributed by atoms with E-state index in [9.17, 15) is 4.79 Å². The molecule has 0 bridgehead atoms. The van der Waals surface area contributed by atoms with Gasteiger partial charge in [-0.15, -0.1) is 0 Å². The predicted octanol–water partition coefficient (Wildman–Crippen LogP) is 2.95. The molecule has 1 aromatic carbocycles. The van der Waals surface area contributed by atoms with Crippen molar-refractivity contribution in [1.82, 2.24) is 14.7 Å². The van der Waals surface area contributed by atoms with Crippen LogP contribution in [0.15, 0.2) is 29.2 Å². The molecule has 1 saturated heterocycles. The molecule has 2 heterocycles. The maximum Gasteiger partial charge on any atom is 0.288 e. The second-order valence-corrected chi connectivity index (χ2v) is 6.86. The number of anilines is 1. The van der Waals surface area contributed by atoms with E-state index < -0.39 is 0 Å². The lowest BCUT2D eigenvalue weighted by molar-refractivity contribution is 0.191. The second kappa shape index (κ2) is 7.13. The molecule has 3 rings (SSSR count). The van der Waals surface area contributed by atoms with E-state index in [0.717, 1.165) is 26.2 Å². The number of rotatable bonds is 3. The first-order chi connectivity index (χ1) is 11.5. The number of benzene rings is 1. The van der Waals surface area contributed by atoms with Crippen molar-refractivity contribution in [1.29, 1.82) is 0 Å². The zero-order chi connectivity index (χ0) is 17.3. The highest BCUT2D eigenvalue weighted by Gasteiger charge is 2.20. The Morgan fingerprint density at radius 3 is 2.54 bits per heavy atom. The summed E-state index contributed by atoms with van der Waals surface area (Å²) in [5.41, 5.74) is 3.58. The Hall–Kier alpha value is -1.56. The van der Waals surface area contributed by atoms with Gasteiger partial charge in [-0.05, 0) is 31.0 Å². The minimum Gasteiger partial charge on any atom is -0.369 e. The first kappa shape index (κ1) is 17.3. The summed E-state index contributed by atoms with van der Waals surface area (Å²) < 4.78 is 1.36. The van der Waals surface area contributed by atoms with Crippen LogP contribution in [-0.2, 0) is 6.67 Å². The van der Waals surface area contributed by atoms with Crippen LogP contribution >= 0.6 is 23.2 Å². The third-order valence-electron chi connectivity index (χ3n) is 4.57. The molecule has 1 aliphatic heterocycles. The smallest absolute Gasteiger partial charge is 0.288 e.